The lowest BCUT2D eigenvalue weighted by molar-refractivity contribution is -0.145. The maximum Gasteiger partial charge on any atom is 0.433 e. The van der Waals surface area contributed by atoms with Crippen molar-refractivity contribution < 1.29 is 22.7 Å². The molecule has 41 heavy (non-hydrogen) atoms. The number of rotatable bonds is 7. The molecular formula is C30H35ClF3N5O2. The maximum atomic E-state index is 14.2. The highest BCUT2D eigenvalue weighted by atomic mass is 35.5. The number of alkyl halides is 3. The molecule has 1 atom stereocenters. The third-order valence-corrected chi connectivity index (χ3v) is 8.20. The van der Waals surface area contributed by atoms with Gasteiger partial charge >= 0.3 is 12.1 Å². The van der Waals surface area contributed by atoms with E-state index in [1.54, 1.807) is 6.92 Å². The third kappa shape index (κ3) is 6.33. The van der Waals surface area contributed by atoms with Crippen molar-refractivity contribution in [3.05, 3.63) is 64.9 Å². The maximum absolute atomic E-state index is 14.2. The first-order chi connectivity index (χ1) is 19.7. The first-order valence-corrected chi connectivity index (χ1v) is 14.5. The van der Waals surface area contributed by atoms with E-state index >= 15 is 0 Å². The van der Waals surface area contributed by atoms with Gasteiger partial charge in [0.25, 0.3) is 0 Å². The number of nitrogens with zero attached hydrogens (tertiary/aromatic N) is 5. The third-order valence-electron chi connectivity index (χ3n) is 7.97. The quantitative estimate of drug-likeness (QED) is 0.298. The molecular weight excluding hydrogens is 555 g/mol. The van der Waals surface area contributed by atoms with Crippen molar-refractivity contribution in [2.45, 2.75) is 38.9 Å². The van der Waals surface area contributed by atoms with Crippen LogP contribution in [0.3, 0.4) is 0 Å². The average Bonchev–Trinajstić information content (AvgIpc) is 3.44. The lowest BCUT2D eigenvalue weighted by atomic mass is 9.99. The van der Waals surface area contributed by atoms with E-state index in [0.717, 1.165) is 60.4 Å². The van der Waals surface area contributed by atoms with Crippen LogP contribution in [0.1, 0.15) is 48.8 Å². The Morgan fingerprint density at radius 3 is 2.41 bits per heavy atom. The van der Waals surface area contributed by atoms with Gasteiger partial charge in [0.05, 0.1) is 18.8 Å². The second-order valence-corrected chi connectivity index (χ2v) is 10.9. The number of esters is 1. The summed E-state index contributed by atoms with van der Waals surface area (Å²) in [6, 6.07) is 13.5. The number of hydrogen-bond acceptors (Lipinski definition) is 6. The molecule has 220 valence electrons. The number of piperazine rings is 1. The van der Waals surface area contributed by atoms with Crippen molar-refractivity contribution in [3.8, 4) is 11.1 Å². The van der Waals surface area contributed by atoms with Gasteiger partial charge in [0.2, 0.25) is 0 Å². The molecule has 3 aromatic rings. The van der Waals surface area contributed by atoms with Crippen molar-refractivity contribution in [2.24, 2.45) is 0 Å². The van der Waals surface area contributed by atoms with Gasteiger partial charge < -0.3 is 19.4 Å². The summed E-state index contributed by atoms with van der Waals surface area (Å²) in [5.41, 5.74) is 2.38. The van der Waals surface area contributed by atoms with E-state index in [0.29, 0.717) is 31.0 Å². The average molecular weight is 590 g/mol. The van der Waals surface area contributed by atoms with Crippen LogP contribution in [0, 0.1) is 0 Å². The first kappa shape index (κ1) is 29.3. The van der Waals surface area contributed by atoms with Gasteiger partial charge in [-0.1, -0.05) is 36.7 Å². The number of anilines is 2. The number of hydrogen-bond donors (Lipinski definition) is 0. The highest BCUT2D eigenvalue weighted by Gasteiger charge is 2.42. The normalized spacial score (nSPS) is 18.5. The summed E-state index contributed by atoms with van der Waals surface area (Å²) in [5.74, 6) is -1.02. The molecule has 2 fully saturated rings. The van der Waals surface area contributed by atoms with Gasteiger partial charge in [-0.3, -0.25) is 4.68 Å². The fourth-order valence-electron chi connectivity index (χ4n) is 5.84. The highest BCUT2D eigenvalue weighted by molar-refractivity contribution is 6.31. The molecule has 0 bridgehead atoms. The van der Waals surface area contributed by atoms with Crippen molar-refractivity contribution in [2.75, 3.05) is 62.2 Å². The smallest absolute Gasteiger partial charge is 0.433 e. The Morgan fingerprint density at radius 1 is 1.02 bits per heavy atom. The van der Waals surface area contributed by atoms with Gasteiger partial charge in [0.1, 0.15) is 5.56 Å². The molecule has 11 heteroatoms. The van der Waals surface area contributed by atoms with Crippen LogP contribution in [0.15, 0.2) is 48.7 Å². The van der Waals surface area contributed by atoms with E-state index in [1.165, 1.54) is 5.69 Å². The Morgan fingerprint density at radius 2 is 1.76 bits per heavy atom. The molecule has 0 aliphatic carbocycles. The van der Waals surface area contributed by atoms with Gasteiger partial charge in [0.15, 0.2) is 5.69 Å². The number of ether oxygens (including phenoxy) is 1. The van der Waals surface area contributed by atoms with Crippen molar-refractivity contribution >= 4 is 28.9 Å². The van der Waals surface area contributed by atoms with Crippen molar-refractivity contribution in [1.82, 2.24) is 14.7 Å². The molecule has 0 N–H and O–H groups in total. The molecule has 2 aliphatic rings. The zero-order chi connectivity index (χ0) is 29.1. The molecule has 2 aliphatic heterocycles. The Kier molecular flexibility index (Phi) is 8.79. The standard InChI is InChI=1S/C30H35ClF3N5O2/c1-3-36-14-16-37(17-15-36)23-10-7-21(8-11-23)25-12-9-22(31)18-27(25)38-13-5-6-24(20-38)39-28(30(32,33)34)26(19-35-39)29(40)41-4-2/h7-12,18-19,24H,3-6,13-17,20H2,1-2H3. The largest absolute Gasteiger partial charge is 0.462 e. The predicted molar refractivity (Wildman–Crippen MR) is 155 cm³/mol. The minimum absolute atomic E-state index is 0.0213. The Balaban J connectivity index is 1.41. The SMILES string of the molecule is CCOC(=O)c1cnn(C2CCCN(c3cc(Cl)ccc3-c3ccc(N4CCN(CC)CC4)cc3)C2)c1C(F)(F)F. The molecule has 0 saturated carbocycles. The second kappa shape index (κ2) is 12.3. The fraction of sp³-hybridized carbons (Fsp3) is 0.467. The minimum atomic E-state index is -4.76. The molecule has 2 aromatic carbocycles. The van der Waals surface area contributed by atoms with Gasteiger partial charge in [-0.15, -0.1) is 0 Å². The molecule has 1 aromatic heterocycles. The topological polar surface area (TPSA) is 53.8 Å². The van der Waals surface area contributed by atoms with Gasteiger partial charge in [-0.25, -0.2) is 4.79 Å². The van der Waals surface area contributed by atoms with E-state index in [2.05, 4.69) is 51.0 Å². The van der Waals surface area contributed by atoms with Crippen LogP contribution >= 0.6 is 11.6 Å². The zero-order valence-corrected chi connectivity index (χ0v) is 24.1. The molecule has 1 unspecified atom stereocenters. The summed E-state index contributed by atoms with van der Waals surface area (Å²) < 4.78 is 48.3. The Labute approximate surface area is 243 Å². The summed E-state index contributed by atoms with van der Waals surface area (Å²) in [4.78, 5) is 19.2. The fourth-order valence-corrected chi connectivity index (χ4v) is 6.00. The number of aromatic nitrogens is 2. The van der Waals surface area contributed by atoms with Crippen molar-refractivity contribution in [1.29, 1.82) is 0 Å². The van der Waals surface area contributed by atoms with Crippen LogP contribution in [-0.4, -0.2) is 73.1 Å². The molecule has 2 saturated heterocycles. The van der Waals surface area contributed by atoms with Crippen molar-refractivity contribution in [3.63, 3.8) is 0 Å². The zero-order valence-electron chi connectivity index (χ0n) is 23.3. The van der Waals surface area contributed by atoms with Crippen LogP contribution in [-0.2, 0) is 10.9 Å². The van der Waals surface area contributed by atoms with E-state index in [-0.39, 0.29) is 6.61 Å². The molecule has 0 amide bonds. The van der Waals surface area contributed by atoms with Gasteiger partial charge in [-0.05, 0) is 56.1 Å². The second-order valence-electron chi connectivity index (χ2n) is 10.4. The number of carbonyl (C=O) groups is 1. The van der Waals surface area contributed by atoms with E-state index in [9.17, 15) is 18.0 Å². The number of piperidine rings is 1. The van der Waals surface area contributed by atoms with Crippen LogP contribution in [0.25, 0.3) is 11.1 Å². The summed E-state index contributed by atoms with van der Waals surface area (Å²) >= 11 is 6.43. The molecule has 7 nitrogen and oxygen atoms in total. The first-order valence-electron chi connectivity index (χ1n) is 14.1. The van der Waals surface area contributed by atoms with Gasteiger partial charge in [-0.2, -0.15) is 18.3 Å². The van der Waals surface area contributed by atoms with E-state index in [1.807, 2.05) is 18.2 Å². The Bertz CT molecular complexity index is 1350. The number of benzene rings is 2. The van der Waals surface area contributed by atoms with Crippen LogP contribution in [0.5, 0.6) is 0 Å². The van der Waals surface area contributed by atoms with Crippen LogP contribution in [0.2, 0.25) is 5.02 Å². The van der Waals surface area contributed by atoms with E-state index in [4.69, 9.17) is 16.3 Å². The molecule has 3 heterocycles. The number of halogens is 4. The number of carbonyl (C=O) groups excluding carboxylic acids is 1. The van der Waals surface area contributed by atoms with Crippen LogP contribution in [0.4, 0.5) is 24.5 Å². The number of likely N-dealkylation sites (N-methyl/N-ethyl adjacent to an activating group) is 1. The summed E-state index contributed by atoms with van der Waals surface area (Å²) in [6.07, 6.45) is -2.63. The molecule has 5 rings (SSSR count). The monoisotopic (exact) mass is 589 g/mol. The van der Waals surface area contributed by atoms with Crippen LogP contribution < -0.4 is 9.80 Å². The Hall–Kier alpha value is -3.24. The minimum Gasteiger partial charge on any atom is -0.462 e. The summed E-state index contributed by atoms with van der Waals surface area (Å²) in [6.45, 7) is 9.80. The van der Waals surface area contributed by atoms with E-state index < -0.39 is 29.4 Å². The summed E-state index contributed by atoms with van der Waals surface area (Å²) in [5, 5.41) is 4.59. The molecule has 0 radical (unpaired) electrons. The lowest BCUT2D eigenvalue weighted by Gasteiger charge is -2.36. The lowest BCUT2D eigenvalue weighted by Crippen LogP contribution is -2.46. The highest BCUT2D eigenvalue weighted by Crippen LogP contribution is 2.39. The summed E-state index contributed by atoms with van der Waals surface area (Å²) in [7, 11) is 0. The van der Waals surface area contributed by atoms with Gasteiger partial charge in [0, 0.05) is 61.2 Å². The molecule has 0 spiro atoms. The predicted octanol–water partition coefficient (Wildman–Crippen LogP) is 6.38.